The van der Waals surface area contributed by atoms with Gasteiger partial charge in [0.15, 0.2) is 5.78 Å². The summed E-state index contributed by atoms with van der Waals surface area (Å²) in [6.07, 6.45) is 5.78. The monoisotopic (exact) mass is 510 g/mol. The molecule has 3 heterocycles. The summed E-state index contributed by atoms with van der Waals surface area (Å²) in [5.41, 5.74) is 1.68. The molecule has 5 aliphatic rings. The number of methoxy groups -OCH3 is 1. The maximum atomic E-state index is 13.8. The van der Waals surface area contributed by atoms with Crippen molar-refractivity contribution in [1.82, 2.24) is 15.1 Å². The van der Waals surface area contributed by atoms with Crippen LogP contribution in [0.1, 0.15) is 48.9 Å². The molecule has 2 aliphatic carbocycles. The molecule has 0 spiro atoms. The number of anilines is 1. The van der Waals surface area contributed by atoms with Crippen LogP contribution < -0.4 is 10.2 Å². The molecule has 2 amide bonds. The topological polar surface area (TPSA) is 91.4 Å². The fourth-order valence-corrected chi connectivity index (χ4v) is 6.73. The van der Waals surface area contributed by atoms with E-state index in [2.05, 4.69) is 15.1 Å². The van der Waals surface area contributed by atoms with Gasteiger partial charge in [0.1, 0.15) is 30.9 Å². The van der Waals surface area contributed by atoms with Crippen molar-refractivity contribution in [2.75, 3.05) is 51.3 Å². The molecule has 0 unspecified atom stereocenters. The van der Waals surface area contributed by atoms with Crippen LogP contribution in [0.2, 0.25) is 0 Å². The highest BCUT2D eigenvalue weighted by Gasteiger charge is 2.54. The number of nitrogens with one attached hydrogen (secondary N) is 1. The molecule has 3 aliphatic heterocycles. The second-order valence-electron chi connectivity index (χ2n) is 11.2. The van der Waals surface area contributed by atoms with E-state index in [4.69, 9.17) is 9.47 Å². The molecule has 3 saturated heterocycles. The average Bonchev–Trinajstić information content (AvgIpc) is 3.32. The van der Waals surface area contributed by atoms with Gasteiger partial charge >= 0.3 is 0 Å². The van der Waals surface area contributed by atoms with E-state index in [1.54, 1.807) is 12.0 Å². The molecule has 1 aromatic rings. The summed E-state index contributed by atoms with van der Waals surface area (Å²) in [7, 11) is 1.58. The van der Waals surface area contributed by atoms with Crippen LogP contribution in [-0.2, 0) is 19.1 Å². The Bertz CT molecular complexity index is 1010. The number of rotatable bonds is 7. The predicted molar refractivity (Wildman–Crippen MR) is 138 cm³/mol. The van der Waals surface area contributed by atoms with Crippen LogP contribution in [0.3, 0.4) is 0 Å². The number of ketones is 1. The maximum Gasteiger partial charge on any atom is 0.251 e. The first-order chi connectivity index (χ1) is 18.0. The minimum Gasteiger partial charge on any atom is -0.377 e. The zero-order valence-electron chi connectivity index (χ0n) is 21.6. The molecular formula is C28H38N4O5. The van der Waals surface area contributed by atoms with E-state index in [1.165, 1.54) is 12.8 Å². The smallest absolute Gasteiger partial charge is 0.251 e. The Morgan fingerprint density at radius 2 is 1.73 bits per heavy atom. The lowest BCUT2D eigenvalue weighted by atomic mass is 9.95. The SMILES string of the molecule is CO[C@@H]1CN(C(=O)[C@@H](NC(=O)c2ccc(N3CCN(C4CC4)CC3)cc2)C2CCCC2)[C@@H]2C(=O)CO[C@@H]21. The Balaban J connectivity index is 1.13. The van der Waals surface area contributed by atoms with Crippen molar-refractivity contribution < 1.29 is 23.9 Å². The molecule has 2 saturated carbocycles. The first-order valence-electron chi connectivity index (χ1n) is 13.9. The maximum absolute atomic E-state index is 13.8. The molecular weight excluding hydrogens is 472 g/mol. The summed E-state index contributed by atoms with van der Waals surface area (Å²) in [5, 5.41) is 3.06. The highest BCUT2D eigenvalue weighted by molar-refractivity contribution is 5.99. The van der Waals surface area contributed by atoms with Gasteiger partial charge in [0.2, 0.25) is 5.91 Å². The van der Waals surface area contributed by atoms with E-state index in [1.807, 2.05) is 24.3 Å². The Morgan fingerprint density at radius 1 is 1.03 bits per heavy atom. The second kappa shape index (κ2) is 10.3. The summed E-state index contributed by atoms with van der Waals surface area (Å²) >= 11 is 0. The van der Waals surface area contributed by atoms with Crippen LogP contribution in [0.5, 0.6) is 0 Å². The molecule has 9 nitrogen and oxygen atoms in total. The van der Waals surface area contributed by atoms with Gasteiger partial charge in [-0.2, -0.15) is 0 Å². The van der Waals surface area contributed by atoms with Gasteiger partial charge in [0.25, 0.3) is 5.91 Å². The van der Waals surface area contributed by atoms with Crippen LogP contribution >= 0.6 is 0 Å². The lowest BCUT2D eigenvalue weighted by Gasteiger charge is -2.36. The molecule has 5 fully saturated rings. The van der Waals surface area contributed by atoms with E-state index >= 15 is 0 Å². The summed E-state index contributed by atoms with van der Waals surface area (Å²) < 4.78 is 11.2. The van der Waals surface area contributed by atoms with Crippen molar-refractivity contribution in [3.8, 4) is 0 Å². The number of hydrogen-bond acceptors (Lipinski definition) is 7. The van der Waals surface area contributed by atoms with Crippen molar-refractivity contribution in [3.63, 3.8) is 0 Å². The van der Waals surface area contributed by atoms with Gasteiger partial charge in [-0.15, -0.1) is 0 Å². The van der Waals surface area contributed by atoms with E-state index in [9.17, 15) is 14.4 Å². The quantitative estimate of drug-likeness (QED) is 0.594. The van der Waals surface area contributed by atoms with Gasteiger partial charge in [-0.3, -0.25) is 19.3 Å². The number of piperazine rings is 1. The number of Topliss-reactive ketones (excluding diaryl/α,β-unsaturated/α-hetero) is 1. The van der Waals surface area contributed by atoms with Gasteiger partial charge in [-0.05, 0) is 55.9 Å². The number of hydrogen-bond donors (Lipinski definition) is 1. The number of likely N-dealkylation sites (tertiary alicyclic amines) is 1. The van der Waals surface area contributed by atoms with Crippen molar-refractivity contribution in [2.45, 2.75) is 68.9 Å². The average molecular weight is 511 g/mol. The number of nitrogens with zero attached hydrogens (tertiary/aromatic N) is 3. The van der Waals surface area contributed by atoms with Crippen molar-refractivity contribution in [2.24, 2.45) is 5.92 Å². The zero-order valence-corrected chi connectivity index (χ0v) is 21.6. The molecule has 0 bridgehead atoms. The van der Waals surface area contributed by atoms with Crippen molar-refractivity contribution in [3.05, 3.63) is 29.8 Å². The van der Waals surface area contributed by atoms with Crippen LogP contribution in [0.4, 0.5) is 5.69 Å². The molecule has 200 valence electrons. The third-order valence-electron chi connectivity index (χ3n) is 9.02. The first kappa shape index (κ1) is 24.8. The molecule has 1 N–H and O–H groups in total. The van der Waals surface area contributed by atoms with E-state index in [-0.39, 0.29) is 36.2 Å². The number of carbonyl (C=O) groups excluding carboxylic acids is 3. The lowest BCUT2D eigenvalue weighted by Crippen LogP contribution is -2.54. The third kappa shape index (κ3) is 4.89. The number of amides is 2. The molecule has 37 heavy (non-hydrogen) atoms. The number of ether oxygens (including phenoxy) is 2. The third-order valence-corrected chi connectivity index (χ3v) is 9.02. The molecule has 0 aromatic heterocycles. The van der Waals surface area contributed by atoms with Gasteiger partial charge < -0.3 is 24.6 Å². The van der Waals surface area contributed by atoms with E-state index in [0.29, 0.717) is 12.1 Å². The normalized spacial score (nSPS) is 29.5. The number of carbonyl (C=O) groups is 3. The Hall–Kier alpha value is -2.49. The minimum atomic E-state index is -0.658. The Morgan fingerprint density at radius 3 is 2.38 bits per heavy atom. The fourth-order valence-electron chi connectivity index (χ4n) is 6.73. The summed E-state index contributed by atoms with van der Waals surface area (Å²) in [5.74, 6) is -0.471. The summed E-state index contributed by atoms with van der Waals surface area (Å²) in [6, 6.07) is 7.25. The molecule has 1 aromatic carbocycles. The minimum absolute atomic E-state index is 0.00140. The van der Waals surface area contributed by atoms with Crippen molar-refractivity contribution in [1.29, 1.82) is 0 Å². The van der Waals surface area contributed by atoms with Crippen LogP contribution in [0.15, 0.2) is 24.3 Å². The highest BCUT2D eigenvalue weighted by Crippen LogP contribution is 2.34. The fraction of sp³-hybridized carbons (Fsp3) is 0.679. The molecule has 9 heteroatoms. The van der Waals surface area contributed by atoms with Gasteiger partial charge in [0, 0.05) is 50.6 Å². The first-order valence-corrected chi connectivity index (χ1v) is 13.9. The lowest BCUT2D eigenvalue weighted by molar-refractivity contribution is -0.139. The number of fused-ring (bicyclic) bond motifs is 1. The van der Waals surface area contributed by atoms with Gasteiger partial charge in [-0.25, -0.2) is 0 Å². The highest BCUT2D eigenvalue weighted by atomic mass is 16.5. The molecule has 4 atom stereocenters. The van der Waals surface area contributed by atoms with E-state index in [0.717, 1.165) is 63.6 Å². The van der Waals surface area contributed by atoms with Gasteiger partial charge in [0.05, 0.1) is 6.54 Å². The Kier molecular flexibility index (Phi) is 6.94. The standard InChI is InChI=1S/C28H38N4O5/c1-36-23-16-32(25-22(33)17-37-26(23)25)28(35)24(18-4-2-3-5-18)29-27(34)19-6-8-20(9-7-19)30-12-14-31(15-13-30)21-10-11-21/h6-9,18,21,23-26H,2-5,10-17H2,1H3,(H,29,34)/t23-,24+,25-,26-/m1/s1. The summed E-state index contributed by atoms with van der Waals surface area (Å²) in [4.78, 5) is 46.3. The second-order valence-corrected chi connectivity index (χ2v) is 11.2. The molecule has 0 radical (unpaired) electrons. The van der Waals surface area contributed by atoms with Crippen LogP contribution in [0, 0.1) is 5.92 Å². The molecule has 6 rings (SSSR count). The van der Waals surface area contributed by atoms with Crippen LogP contribution in [-0.4, -0.2) is 104 Å². The Labute approximate surface area is 218 Å². The zero-order chi connectivity index (χ0) is 25.5. The van der Waals surface area contributed by atoms with Crippen molar-refractivity contribution >= 4 is 23.3 Å². The largest absolute Gasteiger partial charge is 0.377 e. The summed E-state index contributed by atoms with van der Waals surface area (Å²) in [6.45, 7) is 4.49. The van der Waals surface area contributed by atoms with Crippen LogP contribution in [0.25, 0.3) is 0 Å². The number of benzene rings is 1. The van der Waals surface area contributed by atoms with E-state index < -0.39 is 18.2 Å². The van der Waals surface area contributed by atoms with Gasteiger partial charge in [-0.1, -0.05) is 12.8 Å². The predicted octanol–water partition coefficient (Wildman–Crippen LogP) is 1.45.